The SMILES string of the molecule is NC(=O)CSc1ccccc1NC(=O)COc1ccc(F)c(Cl)c1. The molecule has 126 valence electrons. The number of thioether (sulfide) groups is 1. The van der Waals surface area contributed by atoms with Gasteiger partial charge in [0.1, 0.15) is 11.6 Å². The Bertz CT molecular complexity index is 758. The third-order valence-corrected chi connectivity index (χ3v) is 4.18. The summed E-state index contributed by atoms with van der Waals surface area (Å²) in [7, 11) is 0. The molecule has 0 aliphatic rings. The number of carbonyl (C=O) groups excluding carboxylic acids is 2. The Hall–Kier alpha value is -2.25. The minimum Gasteiger partial charge on any atom is -0.484 e. The summed E-state index contributed by atoms with van der Waals surface area (Å²) in [4.78, 5) is 23.6. The number of amides is 2. The van der Waals surface area contributed by atoms with Crippen molar-refractivity contribution in [2.75, 3.05) is 17.7 Å². The molecule has 0 radical (unpaired) electrons. The van der Waals surface area contributed by atoms with Crippen molar-refractivity contribution in [2.24, 2.45) is 5.73 Å². The fraction of sp³-hybridized carbons (Fsp3) is 0.125. The molecule has 3 N–H and O–H groups in total. The van der Waals surface area contributed by atoms with Gasteiger partial charge in [0.05, 0.1) is 16.5 Å². The highest BCUT2D eigenvalue weighted by Gasteiger charge is 2.09. The van der Waals surface area contributed by atoms with Crippen molar-refractivity contribution >= 4 is 40.9 Å². The van der Waals surface area contributed by atoms with Crippen LogP contribution in [0.5, 0.6) is 5.75 Å². The Kier molecular flexibility index (Phi) is 6.45. The molecule has 2 rings (SSSR count). The summed E-state index contributed by atoms with van der Waals surface area (Å²) >= 11 is 6.87. The van der Waals surface area contributed by atoms with E-state index < -0.39 is 17.6 Å². The van der Waals surface area contributed by atoms with Crippen molar-refractivity contribution in [2.45, 2.75) is 4.90 Å². The summed E-state index contributed by atoms with van der Waals surface area (Å²) in [5.41, 5.74) is 5.67. The maximum absolute atomic E-state index is 13.1. The number of halogens is 2. The van der Waals surface area contributed by atoms with E-state index in [4.69, 9.17) is 22.1 Å². The summed E-state index contributed by atoms with van der Waals surface area (Å²) in [5.74, 6) is -1.01. The van der Waals surface area contributed by atoms with E-state index in [1.807, 2.05) is 0 Å². The van der Waals surface area contributed by atoms with Crippen LogP contribution in [0.2, 0.25) is 5.02 Å². The molecule has 0 fully saturated rings. The van der Waals surface area contributed by atoms with Crippen LogP contribution in [0.15, 0.2) is 47.4 Å². The number of nitrogens with two attached hydrogens (primary N) is 1. The van der Waals surface area contributed by atoms with Gasteiger partial charge in [0.2, 0.25) is 5.91 Å². The highest BCUT2D eigenvalue weighted by atomic mass is 35.5. The zero-order chi connectivity index (χ0) is 17.5. The molecule has 0 aromatic heterocycles. The molecule has 0 spiro atoms. The first-order valence-electron chi connectivity index (χ1n) is 6.83. The van der Waals surface area contributed by atoms with Gasteiger partial charge in [0.15, 0.2) is 6.61 Å². The number of nitrogens with one attached hydrogen (secondary N) is 1. The molecule has 0 saturated carbocycles. The predicted molar refractivity (Wildman–Crippen MR) is 91.9 cm³/mol. The minimum atomic E-state index is -0.561. The van der Waals surface area contributed by atoms with E-state index in [0.29, 0.717) is 5.69 Å². The molecule has 2 amide bonds. The van der Waals surface area contributed by atoms with Crippen LogP contribution < -0.4 is 15.8 Å². The Morgan fingerprint density at radius 2 is 2.00 bits per heavy atom. The summed E-state index contributed by atoms with van der Waals surface area (Å²) in [5, 5.41) is 2.60. The first-order valence-corrected chi connectivity index (χ1v) is 8.20. The highest BCUT2D eigenvalue weighted by Crippen LogP contribution is 2.26. The second-order valence-corrected chi connectivity index (χ2v) is 6.09. The fourth-order valence-corrected chi connectivity index (χ4v) is 2.66. The number of ether oxygens (including phenoxy) is 1. The number of hydrogen-bond acceptors (Lipinski definition) is 4. The number of primary amides is 1. The van der Waals surface area contributed by atoms with Gasteiger partial charge in [-0.3, -0.25) is 9.59 Å². The van der Waals surface area contributed by atoms with Gasteiger partial charge in [-0.15, -0.1) is 11.8 Å². The van der Waals surface area contributed by atoms with Crippen LogP contribution >= 0.6 is 23.4 Å². The molecular weight excluding hydrogens is 355 g/mol. The van der Waals surface area contributed by atoms with Gasteiger partial charge in [-0.25, -0.2) is 4.39 Å². The van der Waals surface area contributed by atoms with Crippen LogP contribution in [-0.2, 0) is 9.59 Å². The van der Waals surface area contributed by atoms with E-state index in [-0.39, 0.29) is 23.1 Å². The summed E-state index contributed by atoms with van der Waals surface area (Å²) in [6.45, 7) is -0.267. The molecule has 0 bridgehead atoms. The van der Waals surface area contributed by atoms with Crippen LogP contribution in [0.1, 0.15) is 0 Å². The van der Waals surface area contributed by atoms with Crippen LogP contribution in [0, 0.1) is 5.82 Å². The number of anilines is 1. The smallest absolute Gasteiger partial charge is 0.262 e. The molecule has 0 heterocycles. The standard InChI is InChI=1S/C16H14ClFN2O3S/c17-11-7-10(5-6-12(11)18)23-8-16(22)20-13-3-1-2-4-14(13)24-9-15(19)21/h1-7H,8-9H2,(H2,19,21)(H,20,22). The molecular formula is C16H14ClFN2O3S. The second-order valence-electron chi connectivity index (χ2n) is 4.66. The van der Waals surface area contributed by atoms with Crippen molar-refractivity contribution in [3.63, 3.8) is 0 Å². The van der Waals surface area contributed by atoms with Gasteiger partial charge in [-0.2, -0.15) is 0 Å². The summed E-state index contributed by atoms with van der Waals surface area (Å²) in [6, 6.07) is 10.8. The van der Waals surface area contributed by atoms with E-state index in [9.17, 15) is 14.0 Å². The Labute approximate surface area is 147 Å². The zero-order valence-electron chi connectivity index (χ0n) is 12.4. The van der Waals surface area contributed by atoms with Crippen LogP contribution in [0.3, 0.4) is 0 Å². The van der Waals surface area contributed by atoms with Gasteiger partial charge in [0, 0.05) is 11.0 Å². The summed E-state index contributed by atoms with van der Waals surface area (Å²) < 4.78 is 18.3. The topological polar surface area (TPSA) is 81.4 Å². The molecule has 2 aromatic rings. The van der Waals surface area contributed by atoms with Crippen LogP contribution in [-0.4, -0.2) is 24.2 Å². The molecule has 0 unspecified atom stereocenters. The number of para-hydroxylation sites is 1. The fourth-order valence-electron chi connectivity index (χ4n) is 1.75. The maximum atomic E-state index is 13.1. The van der Waals surface area contributed by atoms with Crippen molar-refractivity contribution in [3.8, 4) is 5.75 Å². The third kappa shape index (κ3) is 5.43. The molecule has 8 heteroatoms. The molecule has 2 aromatic carbocycles. The lowest BCUT2D eigenvalue weighted by atomic mass is 10.3. The van der Waals surface area contributed by atoms with Crippen LogP contribution in [0.4, 0.5) is 10.1 Å². The van der Waals surface area contributed by atoms with E-state index in [2.05, 4.69) is 5.32 Å². The first kappa shape index (κ1) is 18.1. The van der Waals surface area contributed by atoms with Gasteiger partial charge >= 0.3 is 0 Å². The first-order chi connectivity index (χ1) is 11.5. The molecule has 0 saturated heterocycles. The number of hydrogen-bond donors (Lipinski definition) is 2. The normalized spacial score (nSPS) is 10.2. The van der Waals surface area contributed by atoms with Crippen molar-refractivity contribution in [1.29, 1.82) is 0 Å². The lowest BCUT2D eigenvalue weighted by Gasteiger charge is -2.11. The lowest BCUT2D eigenvalue weighted by molar-refractivity contribution is -0.118. The van der Waals surface area contributed by atoms with E-state index in [1.54, 1.807) is 24.3 Å². The van der Waals surface area contributed by atoms with Gasteiger partial charge < -0.3 is 15.8 Å². The Balaban J connectivity index is 1.94. The van der Waals surface area contributed by atoms with E-state index in [0.717, 1.165) is 11.0 Å². The second kappa shape index (κ2) is 8.56. The molecule has 5 nitrogen and oxygen atoms in total. The van der Waals surface area contributed by atoms with E-state index in [1.165, 1.54) is 23.9 Å². The highest BCUT2D eigenvalue weighted by molar-refractivity contribution is 8.00. The van der Waals surface area contributed by atoms with Gasteiger partial charge in [-0.1, -0.05) is 23.7 Å². The van der Waals surface area contributed by atoms with Crippen LogP contribution in [0.25, 0.3) is 0 Å². The molecule has 0 atom stereocenters. The van der Waals surface area contributed by atoms with E-state index >= 15 is 0 Å². The maximum Gasteiger partial charge on any atom is 0.262 e. The van der Waals surface area contributed by atoms with Crippen molar-refractivity contribution < 1.29 is 18.7 Å². The number of rotatable bonds is 7. The Morgan fingerprint density at radius 1 is 1.25 bits per heavy atom. The predicted octanol–water partition coefficient (Wildman–Crippen LogP) is 3.07. The number of benzene rings is 2. The Morgan fingerprint density at radius 3 is 2.71 bits per heavy atom. The monoisotopic (exact) mass is 368 g/mol. The molecule has 24 heavy (non-hydrogen) atoms. The lowest BCUT2D eigenvalue weighted by Crippen LogP contribution is -2.20. The minimum absolute atomic E-state index is 0.0823. The largest absolute Gasteiger partial charge is 0.484 e. The average molecular weight is 369 g/mol. The third-order valence-electron chi connectivity index (χ3n) is 2.79. The summed E-state index contributed by atoms with van der Waals surface area (Å²) in [6.07, 6.45) is 0. The van der Waals surface area contributed by atoms with Crippen molar-refractivity contribution in [1.82, 2.24) is 0 Å². The van der Waals surface area contributed by atoms with Crippen molar-refractivity contribution in [3.05, 3.63) is 53.3 Å². The van der Waals surface area contributed by atoms with Gasteiger partial charge in [0.25, 0.3) is 5.91 Å². The molecule has 0 aliphatic carbocycles. The quantitative estimate of drug-likeness (QED) is 0.736. The molecule has 0 aliphatic heterocycles. The van der Waals surface area contributed by atoms with Gasteiger partial charge in [-0.05, 0) is 24.3 Å². The average Bonchev–Trinajstić information content (AvgIpc) is 2.55. The number of carbonyl (C=O) groups is 2. The zero-order valence-corrected chi connectivity index (χ0v) is 14.0.